The van der Waals surface area contributed by atoms with Crippen LogP contribution >= 0.6 is 11.3 Å². The topological polar surface area (TPSA) is 56.3 Å². The molecule has 1 N–H and O–H groups in total. The first-order valence-electron chi connectivity index (χ1n) is 6.18. The first kappa shape index (κ1) is 12.2. The number of ether oxygens (including phenoxy) is 2. The summed E-state index contributed by atoms with van der Waals surface area (Å²) in [5.74, 6) is 1.62. The predicted molar refractivity (Wildman–Crippen MR) is 74.1 cm³/mol. The summed E-state index contributed by atoms with van der Waals surface area (Å²) in [6, 6.07) is 6.15. The molecular weight excluding hydrogens is 262 g/mol. The third kappa shape index (κ3) is 2.63. The SMILES string of the molecule is Cc1nnc(NC(C)c2ccc3c(c2)OCCO3)s1. The van der Waals surface area contributed by atoms with Gasteiger partial charge < -0.3 is 14.8 Å². The molecule has 0 bridgehead atoms. The molecule has 5 nitrogen and oxygen atoms in total. The number of fused-ring (bicyclic) bond motifs is 1. The molecule has 0 saturated heterocycles. The number of nitrogens with one attached hydrogen (secondary N) is 1. The van der Waals surface area contributed by atoms with Gasteiger partial charge in [-0.2, -0.15) is 0 Å². The molecule has 0 amide bonds. The van der Waals surface area contributed by atoms with E-state index in [1.165, 1.54) is 0 Å². The van der Waals surface area contributed by atoms with Crippen molar-refractivity contribution in [3.63, 3.8) is 0 Å². The van der Waals surface area contributed by atoms with E-state index in [-0.39, 0.29) is 6.04 Å². The standard InChI is InChI=1S/C13H15N3O2S/c1-8(14-13-16-15-9(2)19-13)10-3-4-11-12(7-10)18-6-5-17-11/h3-4,7-8H,5-6H2,1-2H3,(H,14,16). The van der Waals surface area contributed by atoms with Crippen LogP contribution in [0.25, 0.3) is 0 Å². The molecule has 0 radical (unpaired) electrons. The van der Waals surface area contributed by atoms with E-state index < -0.39 is 0 Å². The van der Waals surface area contributed by atoms with Crippen molar-refractivity contribution in [1.29, 1.82) is 0 Å². The van der Waals surface area contributed by atoms with Crippen LogP contribution in [0.15, 0.2) is 18.2 Å². The molecule has 1 aromatic heterocycles. The fraction of sp³-hybridized carbons (Fsp3) is 0.385. The van der Waals surface area contributed by atoms with Gasteiger partial charge in [0.15, 0.2) is 11.5 Å². The lowest BCUT2D eigenvalue weighted by molar-refractivity contribution is 0.171. The number of benzene rings is 1. The summed E-state index contributed by atoms with van der Waals surface area (Å²) >= 11 is 1.55. The third-order valence-corrected chi connectivity index (χ3v) is 3.70. The molecule has 100 valence electrons. The molecule has 1 aliphatic heterocycles. The summed E-state index contributed by atoms with van der Waals surface area (Å²) in [6.45, 7) is 5.25. The molecule has 0 saturated carbocycles. The maximum atomic E-state index is 5.59. The average molecular weight is 277 g/mol. The van der Waals surface area contributed by atoms with E-state index in [1.807, 2.05) is 25.1 Å². The largest absolute Gasteiger partial charge is 0.486 e. The van der Waals surface area contributed by atoms with E-state index >= 15 is 0 Å². The Kier molecular flexibility index (Phi) is 3.25. The Morgan fingerprint density at radius 3 is 2.74 bits per heavy atom. The van der Waals surface area contributed by atoms with Gasteiger partial charge in [-0.05, 0) is 31.5 Å². The number of anilines is 1. The number of aromatic nitrogens is 2. The molecule has 1 aliphatic rings. The zero-order valence-corrected chi connectivity index (χ0v) is 11.7. The third-order valence-electron chi connectivity index (χ3n) is 2.93. The zero-order chi connectivity index (χ0) is 13.2. The van der Waals surface area contributed by atoms with Gasteiger partial charge in [0.25, 0.3) is 0 Å². The maximum Gasteiger partial charge on any atom is 0.206 e. The van der Waals surface area contributed by atoms with E-state index in [0.717, 1.165) is 27.2 Å². The van der Waals surface area contributed by atoms with E-state index in [0.29, 0.717) is 13.2 Å². The van der Waals surface area contributed by atoms with Crippen LogP contribution in [-0.2, 0) is 0 Å². The lowest BCUT2D eigenvalue weighted by atomic mass is 10.1. The number of aryl methyl sites for hydroxylation is 1. The molecule has 19 heavy (non-hydrogen) atoms. The fourth-order valence-electron chi connectivity index (χ4n) is 1.95. The van der Waals surface area contributed by atoms with Gasteiger partial charge in [0, 0.05) is 0 Å². The smallest absolute Gasteiger partial charge is 0.206 e. The van der Waals surface area contributed by atoms with E-state index in [2.05, 4.69) is 22.4 Å². The van der Waals surface area contributed by atoms with Crippen molar-refractivity contribution in [1.82, 2.24) is 10.2 Å². The second kappa shape index (κ2) is 5.05. The van der Waals surface area contributed by atoms with Crippen molar-refractivity contribution in [3.8, 4) is 11.5 Å². The maximum absolute atomic E-state index is 5.59. The van der Waals surface area contributed by atoms with Crippen LogP contribution in [0.5, 0.6) is 11.5 Å². The van der Waals surface area contributed by atoms with E-state index in [4.69, 9.17) is 9.47 Å². The van der Waals surface area contributed by atoms with Crippen LogP contribution in [0.2, 0.25) is 0 Å². The van der Waals surface area contributed by atoms with Crippen molar-refractivity contribution in [2.45, 2.75) is 19.9 Å². The second-order valence-electron chi connectivity index (χ2n) is 4.40. The van der Waals surface area contributed by atoms with Gasteiger partial charge in [0.1, 0.15) is 18.2 Å². The van der Waals surface area contributed by atoms with E-state index in [9.17, 15) is 0 Å². The van der Waals surface area contributed by atoms with Crippen molar-refractivity contribution < 1.29 is 9.47 Å². The summed E-state index contributed by atoms with van der Waals surface area (Å²) < 4.78 is 11.1. The highest BCUT2D eigenvalue weighted by Crippen LogP contribution is 2.33. The molecule has 1 atom stereocenters. The van der Waals surface area contributed by atoms with Crippen LogP contribution < -0.4 is 14.8 Å². The quantitative estimate of drug-likeness (QED) is 0.935. The predicted octanol–water partition coefficient (Wildman–Crippen LogP) is 2.79. The molecule has 1 unspecified atom stereocenters. The zero-order valence-electron chi connectivity index (χ0n) is 10.8. The number of hydrogen-bond donors (Lipinski definition) is 1. The molecular formula is C13H15N3O2S. The van der Waals surface area contributed by atoms with Gasteiger partial charge in [-0.15, -0.1) is 10.2 Å². The minimum atomic E-state index is 0.142. The Balaban J connectivity index is 1.77. The lowest BCUT2D eigenvalue weighted by Gasteiger charge is -2.20. The van der Waals surface area contributed by atoms with Crippen molar-refractivity contribution in [2.24, 2.45) is 0 Å². The van der Waals surface area contributed by atoms with Crippen LogP contribution in [-0.4, -0.2) is 23.4 Å². The molecule has 0 spiro atoms. The average Bonchev–Trinajstić information content (AvgIpc) is 2.83. The molecule has 1 aromatic carbocycles. The lowest BCUT2D eigenvalue weighted by Crippen LogP contribution is -2.16. The van der Waals surface area contributed by atoms with Gasteiger partial charge in [-0.1, -0.05) is 17.4 Å². The van der Waals surface area contributed by atoms with Gasteiger partial charge >= 0.3 is 0 Å². The summed E-state index contributed by atoms with van der Waals surface area (Å²) in [5, 5.41) is 13.2. The Hall–Kier alpha value is -1.82. The van der Waals surface area contributed by atoms with Crippen LogP contribution in [0.3, 0.4) is 0 Å². The summed E-state index contributed by atoms with van der Waals surface area (Å²) in [4.78, 5) is 0. The molecule has 2 heterocycles. The van der Waals surface area contributed by atoms with Crippen molar-refractivity contribution in [2.75, 3.05) is 18.5 Å². The summed E-state index contributed by atoms with van der Waals surface area (Å²) in [6.07, 6.45) is 0. The number of nitrogens with zero attached hydrogens (tertiary/aromatic N) is 2. The van der Waals surface area contributed by atoms with Gasteiger partial charge in [-0.3, -0.25) is 0 Å². The normalized spacial score (nSPS) is 15.1. The van der Waals surface area contributed by atoms with Gasteiger partial charge in [0.2, 0.25) is 5.13 Å². The van der Waals surface area contributed by atoms with Crippen LogP contribution in [0, 0.1) is 6.92 Å². The summed E-state index contributed by atoms with van der Waals surface area (Å²) in [5.41, 5.74) is 1.14. The van der Waals surface area contributed by atoms with Crippen molar-refractivity contribution in [3.05, 3.63) is 28.8 Å². The van der Waals surface area contributed by atoms with E-state index in [1.54, 1.807) is 11.3 Å². The second-order valence-corrected chi connectivity index (χ2v) is 5.58. The van der Waals surface area contributed by atoms with Gasteiger partial charge in [0.05, 0.1) is 6.04 Å². The Morgan fingerprint density at radius 2 is 2.00 bits per heavy atom. The molecule has 3 rings (SSSR count). The molecule has 2 aromatic rings. The highest BCUT2D eigenvalue weighted by molar-refractivity contribution is 7.15. The number of hydrogen-bond acceptors (Lipinski definition) is 6. The Bertz CT molecular complexity index is 585. The molecule has 0 aliphatic carbocycles. The van der Waals surface area contributed by atoms with Crippen LogP contribution in [0.1, 0.15) is 23.5 Å². The fourth-order valence-corrected chi connectivity index (χ4v) is 2.63. The van der Waals surface area contributed by atoms with Crippen LogP contribution in [0.4, 0.5) is 5.13 Å². The minimum Gasteiger partial charge on any atom is -0.486 e. The number of rotatable bonds is 3. The highest BCUT2D eigenvalue weighted by Gasteiger charge is 2.15. The van der Waals surface area contributed by atoms with Crippen molar-refractivity contribution >= 4 is 16.5 Å². The Morgan fingerprint density at radius 1 is 1.21 bits per heavy atom. The Labute approximate surface area is 115 Å². The monoisotopic (exact) mass is 277 g/mol. The molecule has 0 fully saturated rings. The van der Waals surface area contributed by atoms with Gasteiger partial charge in [-0.25, -0.2) is 0 Å². The first-order valence-corrected chi connectivity index (χ1v) is 7.00. The minimum absolute atomic E-state index is 0.142. The summed E-state index contributed by atoms with van der Waals surface area (Å²) in [7, 11) is 0. The highest BCUT2D eigenvalue weighted by atomic mass is 32.1. The first-order chi connectivity index (χ1) is 9.22. The molecule has 6 heteroatoms.